The van der Waals surface area contributed by atoms with Gasteiger partial charge >= 0.3 is 0 Å². The van der Waals surface area contributed by atoms with Crippen LogP contribution in [0.1, 0.15) is 0 Å². The van der Waals surface area contributed by atoms with Crippen LogP contribution in [0.15, 0.2) is 182 Å². The third-order valence-corrected chi connectivity index (χ3v) is 9.79. The van der Waals surface area contributed by atoms with Crippen LogP contribution in [-0.2, 0) is 0 Å². The van der Waals surface area contributed by atoms with E-state index in [0.29, 0.717) is 17.5 Å². The number of hydrogen-bond acceptors (Lipinski definition) is 6. The first-order valence-electron chi connectivity index (χ1n) is 17.9. The van der Waals surface area contributed by atoms with Crippen LogP contribution in [0.5, 0.6) is 0 Å². The zero-order valence-corrected chi connectivity index (χ0v) is 29.0. The smallest absolute Gasteiger partial charge is 0.166 e. The Morgan fingerprint density at radius 1 is 0.259 bits per heavy atom. The predicted octanol–water partition coefficient (Wildman–Crippen LogP) is 11.5. The van der Waals surface area contributed by atoms with Crippen molar-refractivity contribution in [2.24, 2.45) is 0 Å². The van der Waals surface area contributed by atoms with E-state index in [1.807, 2.05) is 54.6 Å². The molecule has 0 fully saturated rings. The summed E-state index contributed by atoms with van der Waals surface area (Å²) in [5.41, 5.74) is 11.4. The summed E-state index contributed by atoms with van der Waals surface area (Å²) >= 11 is 0. The lowest BCUT2D eigenvalue weighted by Crippen LogP contribution is -2.01. The van der Waals surface area contributed by atoms with Crippen LogP contribution in [-0.4, -0.2) is 29.9 Å². The number of fused-ring (bicyclic) bond motifs is 4. The van der Waals surface area contributed by atoms with Crippen LogP contribution in [0.3, 0.4) is 0 Å². The van der Waals surface area contributed by atoms with Crippen molar-refractivity contribution >= 4 is 32.7 Å². The molecule has 0 saturated heterocycles. The molecule has 0 atom stereocenters. The molecule has 10 aromatic rings. The van der Waals surface area contributed by atoms with Crippen LogP contribution in [0, 0.1) is 0 Å². The first kappa shape index (κ1) is 31.3. The van der Waals surface area contributed by atoms with Gasteiger partial charge in [-0.2, -0.15) is 0 Å². The van der Waals surface area contributed by atoms with Crippen molar-refractivity contribution in [3.05, 3.63) is 182 Å². The number of benzene rings is 6. The lowest BCUT2D eigenvalue weighted by atomic mass is 10.0. The normalized spacial score (nSPS) is 11.3. The average molecular weight is 691 g/mol. The Balaban J connectivity index is 1.05. The number of nitrogens with zero attached hydrogens (tertiary/aromatic N) is 6. The molecule has 0 spiro atoms. The summed E-state index contributed by atoms with van der Waals surface area (Å²) in [6.45, 7) is 0. The summed E-state index contributed by atoms with van der Waals surface area (Å²) in [6.07, 6.45) is 1.80. The van der Waals surface area contributed by atoms with Gasteiger partial charge in [-0.25, -0.2) is 24.9 Å². The van der Waals surface area contributed by atoms with Crippen molar-refractivity contribution in [1.82, 2.24) is 29.9 Å². The van der Waals surface area contributed by atoms with Gasteiger partial charge in [0, 0.05) is 50.2 Å². The average Bonchev–Trinajstić information content (AvgIpc) is 3.26. The van der Waals surface area contributed by atoms with E-state index in [1.54, 1.807) is 6.20 Å². The van der Waals surface area contributed by atoms with Crippen molar-refractivity contribution in [3.8, 4) is 67.8 Å². The van der Waals surface area contributed by atoms with E-state index >= 15 is 0 Å². The first-order chi connectivity index (χ1) is 26.7. The maximum absolute atomic E-state index is 5.17. The van der Waals surface area contributed by atoms with Crippen LogP contribution in [0.2, 0.25) is 0 Å². The van der Waals surface area contributed by atoms with Crippen molar-refractivity contribution in [2.45, 2.75) is 0 Å². The zero-order chi connectivity index (χ0) is 35.8. The van der Waals surface area contributed by atoms with E-state index in [9.17, 15) is 0 Å². The lowest BCUT2D eigenvalue weighted by Gasteiger charge is -2.11. The van der Waals surface area contributed by atoms with Crippen molar-refractivity contribution in [2.75, 3.05) is 0 Å². The van der Waals surface area contributed by atoms with E-state index < -0.39 is 0 Å². The number of hydrogen-bond donors (Lipinski definition) is 0. The topological polar surface area (TPSA) is 77.3 Å². The first-order valence-corrected chi connectivity index (χ1v) is 17.9. The van der Waals surface area contributed by atoms with Crippen LogP contribution in [0.4, 0.5) is 0 Å². The number of para-hydroxylation sites is 1. The molecule has 0 unspecified atom stereocenters. The summed E-state index contributed by atoms with van der Waals surface area (Å²) in [6, 6.07) is 59.9. The molecule has 0 aliphatic carbocycles. The van der Waals surface area contributed by atoms with Crippen molar-refractivity contribution < 1.29 is 0 Å². The van der Waals surface area contributed by atoms with Gasteiger partial charge in [-0.15, -0.1) is 0 Å². The van der Waals surface area contributed by atoms with Crippen LogP contribution < -0.4 is 0 Å². The fourth-order valence-corrected chi connectivity index (χ4v) is 6.97. The van der Waals surface area contributed by atoms with E-state index in [0.717, 1.165) is 83.0 Å². The summed E-state index contributed by atoms with van der Waals surface area (Å²) in [4.78, 5) is 30.0. The Morgan fingerprint density at radius 3 is 1.31 bits per heavy atom. The molecule has 0 N–H and O–H groups in total. The Labute approximate surface area is 311 Å². The minimum absolute atomic E-state index is 0.570. The monoisotopic (exact) mass is 690 g/mol. The second-order valence-corrected chi connectivity index (χ2v) is 13.2. The highest BCUT2D eigenvalue weighted by atomic mass is 15.0. The van der Waals surface area contributed by atoms with Gasteiger partial charge in [-0.05, 0) is 35.4 Å². The summed E-state index contributed by atoms with van der Waals surface area (Å²) < 4.78 is 0. The molecule has 6 aromatic carbocycles. The number of aromatic nitrogens is 6. The maximum Gasteiger partial charge on any atom is 0.166 e. The van der Waals surface area contributed by atoms with E-state index in [4.69, 9.17) is 29.9 Å². The van der Waals surface area contributed by atoms with Crippen LogP contribution in [0.25, 0.3) is 101 Å². The quantitative estimate of drug-likeness (QED) is 0.162. The zero-order valence-electron chi connectivity index (χ0n) is 29.0. The second-order valence-electron chi connectivity index (χ2n) is 13.2. The summed E-state index contributed by atoms with van der Waals surface area (Å²) in [5.74, 6) is 1.75. The molecule has 54 heavy (non-hydrogen) atoms. The van der Waals surface area contributed by atoms with Gasteiger partial charge in [0.1, 0.15) is 0 Å². The predicted molar refractivity (Wildman–Crippen MR) is 218 cm³/mol. The van der Waals surface area contributed by atoms with Crippen LogP contribution >= 0.6 is 0 Å². The fraction of sp³-hybridized carbons (Fsp3) is 0. The van der Waals surface area contributed by atoms with E-state index in [-0.39, 0.29) is 0 Å². The minimum atomic E-state index is 0.570. The minimum Gasteiger partial charge on any atom is -0.255 e. The molecule has 0 bridgehead atoms. The molecule has 0 amide bonds. The molecule has 0 aliphatic rings. The summed E-state index contributed by atoms with van der Waals surface area (Å²) in [5, 5.41) is 3.13. The van der Waals surface area contributed by atoms with Gasteiger partial charge in [0.25, 0.3) is 0 Å². The fourth-order valence-electron chi connectivity index (χ4n) is 6.97. The Kier molecular flexibility index (Phi) is 7.69. The van der Waals surface area contributed by atoms with Crippen molar-refractivity contribution in [3.63, 3.8) is 0 Å². The van der Waals surface area contributed by atoms with Gasteiger partial charge in [-0.1, -0.05) is 152 Å². The highest BCUT2D eigenvalue weighted by molar-refractivity contribution is 6.04. The molecule has 6 heteroatoms. The standard InChI is InChI=1S/C48H30N6/c1-3-9-31(10-4-1)32-16-22-38(23-17-32)46-52-47(54-48(53-46)40-15-7-13-35-14-8-30-49-43(35)40)39-24-18-34(19-25-39)42-29-27-37-21-20-36-26-28-41(33-11-5-2-6-12-33)50-44(36)45(37)51-42/h1-30H. The number of pyridine rings is 3. The van der Waals surface area contributed by atoms with Gasteiger partial charge in [-0.3, -0.25) is 4.98 Å². The Hall–Kier alpha value is -7.44. The molecule has 6 nitrogen and oxygen atoms in total. The number of rotatable bonds is 6. The summed E-state index contributed by atoms with van der Waals surface area (Å²) in [7, 11) is 0. The molecular weight excluding hydrogens is 661 g/mol. The molecule has 4 aromatic heterocycles. The molecule has 0 radical (unpaired) electrons. The third kappa shape index (κ3) is 5.82. The Bertz CT molecular complexity index is 2960. The van der Waals surface area contributed by atoms with Gasteiger partial charge < -0.3 is 0 Å². The molecular formula is C48H30N6. The second kappa shape index (κ2) is 13.3. The maximum atomic E-state index is 5.17. The van der Waals surface area contributed by atoms with E-state index in [1.165, 1.54) is 0 Å². The lowest BCUT2D eigenvalue weighted by molar-refractivity contribution is 1.07. The van der Waals surface area contributed by atoms with Gasteiger partial charge in [0.2, 0.25) is 0 Å². The SMILES string of the molecule is c1ccc(-c2ccc(-c3nc(-c4ccc(-c5ccc6ccc7ccc(-c8ccccc8)nc7c6n5)cc4)nc(-c4cccc5cccnc45)n3)cc2)cc1. The van der Waals surface area contributed by atoms with Gasteiger partial charge in [0.15, 0.2) is 17.5 Å². The molecule has 0 saturated carbocycles. The largest absolute Gasteiger partial charge is 0.255 e. The molecule has 0 aliphatic heterocycles. The van der Waals surface area contributed by atoms with Gasteiger partial charge in [0.05, 0.1) is 27.9 Å². The van der Waals surface area contributed by atoms with E-state index in [2.05, 4.69) is 121 Å². The highest BCUT2D eigenvalue weighted by Gasteiger charge is 2.16. The Morgan fingerprint density at radius 2 is 0.704 bits per heavy atom. The molecule has 4 heterocycles. The third-order valence-electron chi connectivity index (χ3n) is 9.79. The highest BCUT2D eigenvalue weighted by Crippen LogP contribution is 2.32. The van der Waals surface area contributed by atoms with Crippen molar-refractivity contribution in [1.29, 1.82) is 0 Å². The molecule has 10 rings (SSSR count). The molecule has 252 valence electrons.